The fraction of sp³-hybridized carbons (Fsp3) is 0.250. The van der Waals surface area contributed by atoms with Gasteiger partial charge in [-0.05, 0) is 30.8 Å². The van der Waals surface area contributed by atoms with Crippen molar-refractivity contribution in [3.63, 3.8) is 0 Å². The van der Waals surface area contributed by atoms with Crippen LogP contribution < -0.4 is 16.9 Å². The van der Waals surface area contributed by atoms with Crippen LogP contribution in [0, 0.1) is 5.82 Å². The normalized spacial score (nSPS) is 12.4. The molecule has 1 aromatic carbocycles. The van der Waals surface area contributed by atoms with Gasteiger partial charge in [0.2, 0.25) is 0 Å². The monoisotopic (exact) mass is 296 g/mol. The van der Waals surface area contributed by atoms with Crippen molar-refractivity contribution in [2.24, 2.45) is 12.8 Å². The summed E-state index contributed by atoms with van der Waals surface area (Å²) in [5, 5.41) is 2.58. The lowest BCUT2D eigenvalue weighted by atomic mass is 10.1. The number of H-pyrrole nitrogens is 1. The SMILES string of the molecule is C[C@H](N)c1c(F)cccc1Sc1nc(=O)c(=O)[nH]n1C. The van der Waals surface area contributed by atoms with Gasteiger partial charge in [0.25, 0.3) is 0 Å². The summed E-state index contributed by atoms with van der Waals surface area (Å²) in [5.41, 5.74) is 4.42. The highest BCUT2D eigenvalue weighted by Crippen LogP contribution is 2.32. The summed E-state index contributed by atoms with van der Waals surface area (Å²) in [6, 6.07) is 4.05. The quantitative estimate of drug-likeness (QED) is 0.816. The summed E-state index contributed by atoms with van der Waals surface area (Å²) in [6.07, 6.45) is 0. The van der Waals surface area contributed by atoms with Crippen LogP contribution in [0.25, 0.3) is 0 Å². The molecule has 6 nitrogen and oxygen atoms in total. The lowest BCUT2D eigenvalue weighted by Gasteiger charge is -2.13. The topological polar surface area (TPSA) is 93.8 Å². The summed E-state index contributed by atoms with van der Waals surface area (Å²) in [7, 11) is 1.54. The highest BCUT2D eigenvalue weighted by Gasteiger charge is 2.15. The second kappa shape index (κ2) is 5.59. The van der Waals surface area contributed by atoms with Gasteiger partial charge in [0, 0.05) is 23.5 Å². The van der Waals surface area contributed by atoms with Gasteiger partial charge in [0.1, 0.15) is 5.82 Å². The van der Waals surface area contributed by atoms with Gasteiger partial charge in [0.05, 0.1) is 0 Å². The molecule has 1 aromatic heterocycles. The van der Waals surface area contributed by atoms with E-state index in [2.05, 4.69) is 10.1 Å². The van der Waals surface area contributed by atoms with E-state index in [1.54, 1.807) is 26.1 Å². The molecule has 1 heterocycles. The van der Waals surface area contributed by atoms with Crippen molar-refractivity contribution in [3.8, 4) is 0 Å². The lowest BCUT2D eigenvalue weighted by molar-refractivity contribution is 0.582. The molecule has 1 atom stereocenters. The molecule has 2 aromatic rings. The molecular formula is C12H13FN4O2S. The number of rotatable bonds is 3. The molecule has 106 valence electrons. The number of aryl methyl sites for hydroxylation is 1. The fourth-order valence-electron chi connectivity index (χ4n) is 1.70. The van der Waals surface area contributed by atoms with Crippen LogP contribution in [0.15, 0.2) is 37.8 Å². The van der Waals surface area contributed by atoms with Crippen molar-refractivity contribution in [1.82, 2.24) is 14.8 Å². The average molecular weight is 296 g/mol. The predicted molar refractivity (Wildman–Crippen MR) is 73.2 cm³/mol. The Morgan fingerprint density at radius 2 is 2.15 bits per heavy atom. The summed E-state index contributed by atoms with van der Waals surface area (Å²) in [5.74, 6) is -0.417. The van der Waals surface area contributed by atoms with Crippen LogP contribution in [-0.2, 0) is 7.05 Å². The molecule has 8 heteroatoms. The first-order chi connectivity index (χ1) is 9.40. The van der Waals surface area contributed by atoms with Crippen LogP contribution in [0.1, 0.15) is 18.5 Å². The van der Waals surface area contributed by atoms with E-state index in [1.165, 1.54) is 10.7 Å². The second-order valence-corrected chi connectivity index (χ2v) is 5.25. The van der Waals surface area contributed by atoms with E-state index in [9.17, 15) is 14.0 Å². The highest BCUT2D eigenvalue weighted by atomic mass is 32.2. The first-order valence-corrected chi connectivity index (χ1v) is 6.61. The molecule has 0 aliphatic carbocycles. The third kappa shape index (κ3) is 2.81. The van der Waals surface area contributed by atoms with Gasteiger partial charge in [-0.1, -0.05) is 6.07 Å². The molecule has 0 amide bonds. The van der Waals surface area contributed by atoms with Crippen LogP contribution in [-0.4, -0.2) is 14.8 Å². The molecule has 0 unspecified atom stereocenters. The molecule has 0 saturated carbocycles. The molecule has 0 aliphatic rings. The Kier molecular flexibility index (Phi) is 4.05. The van der Waals surface area contributed by atoms with Gasteiger partial charge in [-0.25, -0.2) is 4.39 Å². The van der Waals surface area contributed by atoms with E-state index in [-0.39, 0.29) is 5.16 Å². The summed E-state index contributed by atoms with van der Waals surface area (Å²) in [4.78, 5) is 26.6. The van der Waals surface area contributed by atoms with Gasteiger partial charge in [-0.15, -0.1) is 0 Å². The standard InChI is InChI=1S/C12H13FN4O2S/c1-6(14)9-7(13)4-3-5-8(9)20-12-15-10(18)11(19)16-17(12)2/h3-6H,14H2,1-2H3,(H,16,19)/t6-/m0/s1. The Bertz CT molecular complexity index is 754. The Morgan fingerprint density at radius 3 is 2.80 bits per heavy atom. The molecular weight excluding hydrogens is 283 g/mol. The lowest BCUT2D eigenvalue weighted by Crippen LogP contribution is -2.33. The molecule has 0 radical (unpaired) electrons. The number of nitrogens with zero attached hydrogens (tertiary/aromatic N) is 2. The van der Waals surface area contributed by atoms with Gasteiger partial charge in [0.15, 0.2) is 5.16 Å². The minimum Gasteiger partial charge on any atom is -0.324 e. The summed E-state index contributed by atoms with van der Waals surface area (Å²) >= 11 is 1.07. The Balaban J connectivity index is 2.51. The largest absolute Gasteiger partial charge is 0.339 e. The first kappa shape index (κ1) is 14.5. The number of hydrogen-bond donors (Lipinski definition) is 2. The number of aromatic nitrogens is 3. The fourth-order valence-corrected chi connectivity index (χ4v) is 2.75. The van der Waals surface area contributed by atoms with E-state index < -0.39 is 23.0 Å². The van der Waals surface area contributed by atoms with Crippen molar-refractivity contribution in [1.29, 1.82) is 0 Å². The third-order valence-electron chi connectivity index (χ3n) is 2.62. The van der Waals surface area contributed by atoms with Crippen molar-refractivity contribution in [3.05, 3.63) is 50.3 Å². The molecule has 20 heavy (non-hydrogen) atoms. The molecule has 0 spiro atoms. The third-order valence-corrected chi connectivity index (χ3v) is 3.74. The van der Waals surface area contributed by atoms with Gasteiger partial charge in [-0.3, -0.25) is 19.4 Å². The molecule has 0 saturated heterocycles. The smallest absolute Gasteiger partial charge is 0.324 e. The number of nitrogens with two attached hydrogens (primary N) is 1. The molecule has 2 rings (SSSR count). The zero-order valence-electron chi connectivity index (χ0n) is 10.9. The Morgan fingerprint density at radius 1 is 1.45 bits per heavy atom. The van der Waals surface area contributed by atoms with Crippen LogP contribution in [0.5, 0.6) is 0 Å². The number of halogens is 1. The molecule has 0 aliphatic heterocycles. The highest BCUT2D eigenvalue weighted by molar-refractivity contribution is 7.99. The Hall–Kier alpha value is -1.93. The van der Waals surface area contributed by atoms with E-state index >= 15 is 0 Å². The van der Waals surface area contributed by atoms with Crippen LogP contribution in [0.3, 0.4) is 0 Å². The first-order valence-electron chi connectivity index (χ1n) is 5.79. The van der Waals surface area contributed by atoms with E-state index in [0.29, 0.717) is 10.5 Å². The van der Waals surface area contributed by atoms with E-state index in [4.69, 9.17) is 5.73 Å². The van der Waals surface area contributed by atoms with Crippen molar-refractivity contribution >= 4 is 11.8 Å². The maximum Gasteiger partial charge on any atom is 0.339 e. The zero-order valence-corrected chi connectivity index (χ0v) is 11.7. The van der Waals surface area contributed by atoms with E-state index in [0.717, 1.165) is 11.8 Å². The van der Waals surface area contributed by atoms with Crippen molar-refractivity contribution in [2.45, 2.75) is 23.0 Å². The summed E-state index contributed by atoms with van der Waals surface area (Å²) < 4.78 is 15.1. The number of hydrogen-bond acceptors (Lipinski definition) is 5. The summed E-state index contributed by atoms with van der Waals surface area (Å²) in [6.45, 7) is 1.67. The van der Waals surface area contributed by atoms with Crippen molar-refractivity contribution < 1.29 is 4.39 Å². The van der Waals surface area contributed by atoms with Gasteiger partial charge < -0.3 is 5.73 Å². The molecule has 0 fully saturated rings. The van der Waals surface area contributed by atoms with Crippen LogP contribution in [0.4, 0.5) is 4.39 Å². The van der Waals surface area contributed by atoms with Gasteiger partial charge in [-0.2, -0.15) is 4.98 Å². The maximum absolute atomic E-state index is 13.8. The van der Waals surface area contributed by atoms with Crippen LogP contribution in [0.2, 0.25) is 0 Å². The van der Waals surface area contributed by atoms with Gasteiger partial charge >= 0.3 is 11.1 Å². The number of aromatic amines is 1. The van der Waals surface area contributed by atoms with Crippen molar-refractivity contribution in [2.75, 3.05) is 0 Å². The Labute approximate surface area is 117 Å². The van der Waals surface area contributed by atoms with E-state index in [1.807, 2.05) is 0 Å². The minimum absolute atomic E-state index is 0.252. The minimum atomic E-state index is -0.885. The number of benzene rings is 1. The molecule has 3 N–H and O–H groups in total. The average Bonchev–Trinajstić information content (AvgIpc) is 2.35. The number of nitrogens with one attached hydrogen (secondary N) is 1. The maximum atomic E-state index is 13.8. The molecule has 0 bridgehead atoms. The zero-order chi connectivity index (χ0) is 14.9. The van der Waals surface area contributed by atoms with Crippen LogP contribution >= 0.6 is 11.8 Å². The predicted octanol–water partition coefficient (Wildman–Crippen LogP) is 0.779. The second-order valence-electron chi connectivity index (χ2n) is 4.24.